The van der Waals surface area contributed by atoms with E-state index in [4.69, 9.17) is 4.74 Å². The van der Waals surface area contributed by atoms with Gasteiger partial charge in [-0.15, -0.1) is 0 Å². The standard InChI is InChI=1S/C16H30N4O2/c1-7-9-20-10-8-18-13(20)11-17-12-16(5,6)19-14(21)22-15(2,3)4/h8,10,17H,7,9,11-12H2,1-6H3,(H,19,21). The van der Waals surface area contributed by atoms with Crippen molar-refractivity contribution in [2.75, 3.05) is 6.54 Å². The summed E-state index contributed by atoms with van der Waals surface area (Å²) in [4.78, 5) is 16.2. The van der Waals surface area contributed by atoms with Crippen LogP contribution in [0.4, 0.5) is 4.79 Å². The van der Waals surface area contributed by atoms with E-state index in [9.17, 15) is 4.79 Å². The van der Waals surface area contributed by atoms with Gasteiger partial charge in [0.1, 0.15) is 11.4 Å². The smallest absolute Gasteiger partial charge is 0.408 e. The fourth-order valence-corrected chi connectivity index (χ4v) is 2.06. The second kappa shape index (κ2) is 7.63. The summed E-state index contributed by atoms with van der Waals surface area (Å²) in [7, 11) is 0. The van der Waals surface area contributed by atoms with Crippen LogP contribution in [0.25, 0.3) is 0 Å². The van der Waals surface area contributed by atoms with E-state index < -0.39 is 17.2 Å². The zero-order valence-electron chi connectivity index (χ0n) is 14.7. The van der Waals surface area contributed by atoms with Crippen LogP contribution in [0.5, 0.6) is 0 Å². The van der Waals surface area contributed by atoms with E-state index in [0.29, 0.717) is 13.1 Å². The number of hydrogen-bond acceptors (Lipinski definition) is 4. The average Bonchev–Trinajstić information content (AvgIpc) is 2.73. The van der Waals surface area contributed by atoms with Gasteiger partial charge in [0.25, 0.3) is 0 Å². The normalized spacial score (nSPS) is 12.3. The van der Waals surface area contributed by atoms with Gasteiger partial charge in [-0.1, -0.05) is 6.92 Å². The molecule has 0 bridgehead atoms. The Morgan fingerprint density at radius 3 is 2.59 bits per heavy atom. The zero-order valence-corrected chi connectivity index (χ0v) is 14.7. The minimum Gasteiger partial charge on any atom is -0.444 e. The van der Waals surface area contributed by atoms with Crippen molar-refractivity contribution in [3.8, 4) is 0 Å². The lowest BCUT2D eigenvalue weighted by Gasteiger charge is -2.29. The Kier molecular flexibility index (Phi) is 6.41. The predicted molar refractivity (Wildman–Crippen MR) is 87.7 cm³/mol. The van der Waals surface area contributed by atoms with E-state index in [1.807, 2.05) is 47.0 Å². The number of imidazole rings is 1. The number of alkyl carbamates (subject to hydrolysis) is 1. The Balaban J connectivity index is 2.42. The topological polar surface area (TPSA) is 68.2 Å². The van der Waals surface area contributed by atoms with Gasteiger partial charge in [0, 0.05) is 25.5 Å². The van der Waals surface area contributed by atoms with Gasteiger partial charge >= 0.3 is 6.09 Å². The molecule has 0 atom stereocenters. The summed E-state index contributed by atoms with van der Waals surface area (Å²) in [6.07, 6.45) is 4.49. The highest BCUT2D eigenvalue weighted by atomic mass is 16.6. The number of carbonyl (C=O) groups is 1. The van der Waals surface area contributed by atoms with Gasteiger partial charge < -0.3 is 19.9 Å². The summed E-state index contributed by atoms with van der Waals surface area (Å²) in [5.74, 6) is 1.01. The number of amides is 1. The van der Waals surface area contributed by atoms with Crippen molar-refractivity contribution in [2.24, 2.45) is 0 Å². The molecule has 126 valence electrons. The van der Waals surface area contributed by atoms with Crippen LogP contribution in [0, 0.1) is 0 Å². The summed E-state index contributed by atoms with van der Waals surface area (Å²) < 4.78 is 7.42. The van der Waals surface area contributed by atoms with Crippen molar-refractivity contribution in [2.45, 2.75) is 72.2 Å². The van der Waals surface area contributed by atoms with E-state index in [2.05, 4.69) is 27.1 Å². The van der Waals surface area contributed by atoms with E-state index in [0.717, 1.165) is 18.8 Å². The minimum atomic E-state index is -0.488. The van der Waals surface area contributed by atoms with Gasteiger partial charge in [-0.25, -0.2) is 9.78 Å². The Hall–Kier alpha value is -1.56. The molecule has 0 saturated carbocycles. The molecule has 0 aliphatic rings. The van der Waals surface area contributed by atoms with Crippen LogP contribution in [-0.4, -0.2) is 33.3 Å². The fraction of sp³-hybridized carbons (Fsp3) is 0.750. The maximum absolute atomic E-state index is 11.8. The zero-order chi connectivity index (χ0) is 16.8. The Labute approximate surface area is 133 Å². The maximum Gasteiger partial charge on any atom is 0.408 e. The van der Waals surface area contributed by atoms with Crippen molar-refractivity contribution >= 4 is 6.09 Å². The molecule has 0 fully saturated rings. The third-order valence-corrected chi connectivity index (χ3v) is 2.96. The molecule has 0 saturated heterocycles. The largest absolute Gasteiger partial charge is 0.444 e. The summed E-state index contributed by atoms with van der Waals surface area (Å²) in [5, 5.41) is 6.22. The molecule has 6 nitrogen and oxygen atoms in total. The third kappa shape index (κ3) is 6.93. The third-order valence-electron chi connectivity index (χ3n) is 2.96. The van der Waals surface area contributed by atoms with Crippen LogP contribution in [0.1, 0.15) is 53.8 Å². The molecular weight excluding hydrogens is 280 g/mol. The second-order valence-corrected chi connectivity index (χ2v) is 7.15. The molecule has 0 aromatic carbocycles. The lowest BCUT2D eigenvalue weighted by Crippen LogP contribution is -2.51. The molecule has 0 spiro atoms. The first kappa shape index (κ1) is 18.5. The van der Waals surface area contributed by atoms with Crippen LogP contribution >= 0.6 is 0 Å². The van der Waals surface area contributed by atoms with Crippen molar-refractivity contribution in [3.05, 3.63) is 18.2 Å². The molecule has 1 heterocycles. The van der Waals surface area contributed by atoms with E-state index in [1.54, 1.807) is 0 Å². The number of aromatic nitrogens is 2. The van der Waals surface area contributed by atoms with Gasteiger partial charge in [-0.2, -0.15) is 0 Å². The van der Waals surface area contributed by atoms with Crippen molar-refractivity contribution in [1.82, 2.24) is 20.2 Å². The Morgan fingerprint density at radius 1 is 1.32 bits per heavy atom. The first-order valence-corrected chi connectivity index (χ1v) is 7.85. The Bertz CT molecular complexity index is 475. The van der Waals surface area contributed by atoms with Crippen molar-refractivity contribution in [1.29, 1.82) is 0 Å². The number of nitrogens with zero attached hydrogens (tertiary/aromatic N) is 2. The number of ether oxygens (including phenoxy) is 1. The van der Waals surface area contributed by atoms with Crippen LogP contribution in [0.2, 0.25) is 0 Å². The van der Waals surface area contributed by atoms with E-state index >= 15 is 0 Å². The number of carbonyl (C=O) groups excluding carboxylic acids is 1. The summed E-state index contributed by atoms with van der Waals surface area (Å²) in [6.45, 7) is 13.9. The molecule has 6 heteroatoms. The monoisotopic (exact) mass is 310 g/mol. The highest BCUT2D eigenvalue weighted by Gasteiger charge is 2.24. The second-order valence-electron chi connectivity index (χ2n) is 7.15. The van der Waals surface area contributed by atoms with Crippen molar-refractivity contribution in [3.63, 3.8) is 0 Å². The molecule has 0 aliphatic heterocycles. The van der Waals surface area contributed by atoms with Gasteiger partial charge in [0.15, 0.2) is 0 Å². The highest BCUT2D eigenvalue weighted by Crippen LogP contribution is 2.09. The van der Waals surface area contributed by atoms with Crippen LogP contribution in [-0.2, 0) is 17.8 Å². The lowest BCUT2D eigenvalue weighted by molar-refractivity contribution is 0.0472. The molecule has 0 radical (unpaired) electrons. The van der Waals surface area contributed by atoms with E-state index in [-0.39, 0.29) is 0 Å². The van der Waals surface area contributed by atoms with Crippen molar-refractivity contribution < 1.29 is 9.53 Å². The van der Waals surface area contributed by atoms with Gasteiger partial charge in [0.05, 0.1) is 12.1 Å². The molecule has 1 rings (SSSR count). The first-order valence-electron chi connectivity index (χ1n) is 7.85. The maximum atomic E-state index is 11.8. The lowest BCUT2D eigenvalue weighted by atomic mass is 10.1. The number of hydrogen-bond donors (Lipinski definition) is 2. The van der Waals surface area contributed by atoms with E-state index in [1.165, 1.54) is 0 Å². The van der Waals surface area contributed by atoms with Crippen LogP contribution in [0.15, 0.2) is 12.4 Å². The fourth-order valence-electron chi connectivity index (χ4n) is 2.06. The minimum absolute atomic E-state index is 0.396. The van der Waals surface area contributed by atoms with Crippen LogP contribution in [0.3, 0.4) is 0 Å². The average molecular weight is 310 g/mol. The quantitative estimate of drug-likeness (QED) is 0.812. The molecule has 0 unspecified atom stereocenters. The molecule has 1 aromatic rings. The predicted octanol–water partition coefficient (Wildman–Crippen LogP) is 2.69. The first-order chi connectivity index (χ1) is 10.1. The highest BCUT2D eigenvalue weighted by molar-refractivity contribution is 5.68. The number of rotatable bonds is 7. The van der Waals surface area contributed by atoms with Gasteiger partial charge in [-0.05, 0) is 41.0 Å². The molecule has 1 aromatic heterocycles. The number of nitrogens with one attached hydrogen (secondary N) is 2. The molecule has 22 heavy (non-hydrogen) atoms. The molecule has 2 N–H and O–H groups in total. The van der Waals surface area contributed by atoms with Crippen LogP contribution < -0.4 is 10.6 Å². The summed E-state index contributed by atoms with van der Waals surface area (Å²) >= 11 is 0. The molecular formula is C16H30N4O2. The van der Waals surface area contributed by atoms with Gasteiger partial charge in [-0.3, -0.25) is 0 Å². The molecule has 0 aliphatic carbocycles. The molecule has 1 amide bonds. The Morgan fingerprint density at radius 2 is 2.00 bits per heavy atom. The summed E-state index contributed by atoms with van der Waals surface area (Å²) in [5.41, 5.74) is -0.886. The SMILES string of the molecule is CCCn1ccnc1CNCC(C)(C)NC(=O)OC(C)(C)C. The number of aryl methyl sites for hydroxylation is 1. The summed E-state index contributed by atoms with van der Waals surface area (Å²) in [6, 6.07) is 0. The van der Waals surface area contributed by atoms with Gasteiger partial charge in [0.2, 0.25) is 0 Å².